The van der Waals surface area contributed by atoms with Crippen LogP contribution in [0.5, 0.6) is 0 Å². The van der Waals surface area contributed by atoms with Crippen LogP contribution in [0.4, 0.5) is 0 Å². The first-order valence-electron chi connectivity index (χ1n) is 4.71. The molecule has 1 aliphatic heterocycles. The van der Waals surface area contributed by atoms with Crippen molar-refractivity contribution in [2.75, 3.05) is 13.1 Å². The number of hydrogen-bond donors (Lipinski definition) is 2. The van der Waals surface area contributed by atoms with Gasteiger partial charge in [0.15, 0.2) is 0 Å². The highest BCUT2D eigenvalue weighted by Crippen LogP contribution is 2.11. The van der Waals surface area contributed by atoms with Crippen molar-refractivity contribution in [1.82, 2.24) is 14.9 Å². The van der Waals surface area contributed by atoms with Gasteiger partial charge >= 0.3 is 5.69 Å². The highest BCUT2D eigenvalue weighted by molar-refractivity contribution is 5.85. The Balaban J connectivity index is 0.00000112. The molecule has 1 aromatic rings. The summed E-state index contributed by atoms with van der Waals surface area (Å²) in [6.45, 7) is 3.43. The van der Waals surface area contributed by atoms with Crippen LogP contribution < -0.4 is 16.6 Å². The van der Waals surface area contributed by atoms with Crippen molar-refractivity contribution in [2.24, 2.45) is 0 Å². The third-order valence-corrected chi connectivity index (χ3v) is 2.57. The SMILES string of the molecule is Cc1cn(C2CCNC2)c(=O)[nH]c1=O.Cl. The Labute approximate surface area is 92.9 Å². The number of H-pyrrole nitrogens is 1. The van der Waals surface area contributed by atoms with Crippen LogP contribution >= 0.6 is 12.4 Å². The number of aromatic amines is 1. The Morgan fingerprint density at radius 2 is 2.20 bits per heavy atom. The van der Waals surface area contributed by atoms with Crippen molar-refractivity contribution in [3.05, 3.63) is 32.6 Å². The lowest BCUT2D eigenvalue weighted by molar-refractivity contribution is 0.514. The summed E-state index contributed by atoms with van der Waals surface area (Å²) in [4.78, 5) is 24.9. The number of nitrogens with one attached hydrogen (secondary N) is 2. The molecule has 0 aromatic carbocycles. The standard InChI is InChI=1S/C9H13N3O2.ClH/c1-6-5-12(7-2-3-10-4-7)9(14)11-8(6)13;/h5,7,10H,2-4H2,1H3,(H,11,13,14);1H. The van der Waals surface area contributed by atoms with E-state index in [9.17, 15) is 9.59 Å². The van der Waals surface area contributed by atoms with Crippen LogP contribution in [0, 0.1) is 6.92 Å². The lowest BCUT2D eigenvalue weighted by Gasteiger charge is -2.11. The Kier molecular flexibility index (Phi) is 3.71. The number of aromatic nitrogens is 2. The van der Waals surface area contributed by atoms with Crippen LogP contribution in [0.2, 0.25) is 0 Å². The van der Waals surface area contributed by atoms with Gasteiger partial charge in [-0.1, -0.05) is 0 Å². The van der Waals surface area contributed by atoms with Crippen LogP contribution in [0.25, 0.3) is 0 Å². The molecule has 0 spiro atoms. The van der Waals surface area contributed by atoms with Crippen LogP contribution in [-0.4, -0.2) is 22.6 Å². The molecule has 5 nitrogen and oxygen atoms in total. The second-order valence-electron chi connectivity index (χ2n) is 3.63. The number of halogens is 1. The molecule has 0 aliphatic carbocycles. The summed E-state index contributed by atoms with van der Waals surface area (Å²) in [5.74, 6) is 0. The highest BCUT2D eigenvalue weighted by atomic mass is 35.5. The first kappa shape index (κ1) is 12.0. The largest absolute Gasteiger partial charge is 0.328 e. The second-order valence-corrected chi connectivity index (χ2v) is 3.63. The molecule has 1 atom stereocenters. The summed E-state index contributed by atoms with van der Waals surface area (Å²) < 4.78 is 1.61. The maximum Gasteiger partial charge on any atom is 0.328 e. The maximum absolute atomic E-state index is 11.5. The molecular formula is C9H14ClN3O2. The van der Waals surface area contributed by atoms with Gasteiger partial charge < -0.3 is 5.32 Å². The summed E-state index contributed by atoms with van der Waals surface area (Å²) in [6.07, 6.45) is 2.57. The average Bonchev–Trinajstić information content (AvgIpc) is 2.64. The fraction of sp³-hybridized carbons (Fsp3) is 0.556. The van der Waals surface area contributed by atoms with E-state index in [-0.39, 0.29) is 29.7 Å². The summed E-state index contributed by atoms with van der Waals surface area (Å²) in [6, 6.07) is 0.179. The number of nitrogens with zero attached hydrogens (tertiary/aromatic N) is 1. The van der Waals surface area contributed by atoms with E-state index >= 15 is 0 Å². The quantitative estimate of drug-likeness (QED) is 0.704. The van der Waals surface area contributed by atoms with Crippen LogP contribution in [0.1, 0.15) is 18.0 Å². The summed E-state index contributed by atoms with van der Waals surface area (Å²) in [5, 5.41) is 3.18. The summed E-state index contributed by atoms with van der Waals surface area (Å²) in [7, 11) is 0. The van der Waals surface area contributed by atoms with Crippen molar-refractivity contribution in [1.29, 1.82) is 0 Å². The topological polar surface area (TPSA) is 66.9 Å². The summed E-state index contributed by atoms with van der Waals surface area (Å²) in [5.41, 5.74) is -0.0250. The molecule has 2 N–H and O–H groups in total. The number of hydrogen-bond acceptors (Lipinski definition) is 3. The Morgan fingerprint density at radius 1 is 1.47 bits per heavy atom. The molecule has 2 rings (SSSR count). The molecule has 0 saturated carbocycles. The minimum absolute atomic E-state index is 0. The highest BCUT2D eigenvalue weighted by Gasteiger charge is 2.17. The minimum atomic E-state index is -0.311. The van der Waals surface area contributed by atoms with E-state index in [1.54, 1.807) is 17.7 Å². The molecule has 1 fully saturated rings. The van der Waals surface area contributed by atoms with Gasteiger partial charge in [-0.3, -0.25) is 14.3 Å². The van der Waals surface area contributed by atoms with Gasteiger partial charge in [0, 0.05) is 18.3 Å². The lowest BCUT2D eigenvalue weighted by atomic mass is 10.2. The fourth-order valence-electron chi connectivity index (χ4n) is 1.73. The smallest absolute Gasteiger partial charge is 0.315 e. The van der Waals surface area contributed by atoms with E-state index in [0.717, 1.165) is 19.5 Å². The predicted molar refractivity (Wildman–Crippen MR) is 59.8 cm³/mol. The maximum atomic E-state index is 11.5. The van der Waals surface area contributed by atoms with Gasteiger partial charge in [0.2, 0.25) is 0 Å². The first-order valence-corrected chi connectivity index (χ1v) is 4.71. The third-order valence-electron chi connectivity index (χ3n) is 2.57. The predicted octanol–water partition coefficient (Wildman–Crippen LogP) is -0.199. The molecule has 1 saturated heterocycles. The molecule has 15 heavy (non-hydrogen) atoms. The van der Waals surface area contributed by atoms with E-state index in [4.69, 9.17) is 0 Å². The molecule has 6 heteroatoms. The lowest BCUT2D eigenvalue weighted by Crippen LogP contribution is -2.33. The first-order chi connectivity index (χ1) is 6.68. The summed E-state index contributed by atoms with van der Waals surface area (Å²) >= 11 is 0. The molecular weight excluding hydrogens is 218 g/mol. The molecule has 1 aliphatic rings. The van der Waals surface area contributed by atoms with E-state index in [0.29, 0.717) is 5.56 Å². The molecule has 0 amide bonds. The van der Waals surface area contributed by atoms with Gasteiger partial charge in [-0.2, -0.15) is 0 Å². The molecule has 84 valence electrons. The van der Waals surface area contributed by atoms with Crippen LogP contribution in [0.3, 0.4) is 0 Å². The normalized spacial score (nSPS) is 19.9. The van der Waals surface area contributed by atoms with E-state index in [2.05, 4.69) is 10.3 Å². The zero-order chi connectivity index (χ0) is 10.1. The third kappa shape index (κ3) is 2.30. The Hall–Kier alpha value is -1.07. The number of aryl methyl sites for hydroxylation is 1. The van der Waals surface area contributed by atoms with Gasteiger partial charge in [0.05, 0.1) is 6.04 Å². The Bertz CT molecular complexity index is 445. The van der Waals surface area contributed by atoms with Crippen LogP contribution in [0.15, 0.2) is 15.8 Å². The van der Waals surface area contributed by atoms with Crippen molar-refractivity contribution < 1.29 is 0 Å². The zero-order valence-corrected chi connectivity index (χ0v) is 9.26. The van der Waals surface area contributed by atoms with E-state index < -0.39 is 0 Å². The van der Waals surface area contributed by atoms with Gasteiger partial charge in [-0.05, 0) is 19.9 Å². The minimum Gasteiger partial charge on any atom is -0.315 e. The van der Waals surface area contributed by atoms with Crippen molar-refractivity contribution in [3.63, 3.8) is 0 Å². The van der Waals surface area contributed by atoms with E-state index in [1.165, 1.54) is 0 Å². The average molecular weight is 232 g/mol. The second kappa shape index (κ2) is 4.63. The van der Waals surface area contributed by atoms with Crippen molar-refractivity contribution in [2.45, 2.75) is 19.4 Å². The van der Waals surface area contributed by atoms with Gasteiger partial charge in [0.1, 0.15) is 0 Å². The molecule has 0 bridgehead atoms. The zero-order valence-electron chi connectivity index (χ0n) is 8.45. The van der Waals surface area contributed by atoms with Crippen molar-refractivity contribution in [3.8, 4) is 0 Å². The fourth-order valence-corrected chi connectivity index (χ4v) is 1.73. The van der Waals surface area contributed by atoms with Gasteiger partial charge in [0.25, 0.3) is 5.56 Å². The number of rotatable bonds is 1. The Morgan fingerprint density at radius 3 is 2.80 bits per heavy atom. The van der Waals surface area contributed by atoms with Crippen molar-refractivity contribution >= 4 is 12.4 Å². The molecule has 1 aromatic heterocycles. The molecule has 0 radical (unpaired) electrons. The van der Waals surface area contributed by atoms with Gasteiger partial charge in [-0.25, -0.2) is 4.79 Å². The molecule has 1 unspecified atom stereocenters. The van der Waals surface area contributed by atoms with Gasteiger partial charge in [-0.15, -0.1) is 12.4 Å². The monoisotopic (exact) mass is 231 g/mol. The molecule has 2 heterocycles. The van der Waals surface area contributed by atoms with Crippen LogP contribution in [-0.2, 0) is 0 Å². The van der Waals surface area contributed by atoms with E-state index in [1.807, 2.05) is 0 Å².